The second-order valence-corrected chi connectivity index (χ2v) is 10.9. The van der Waals surface area contributed by atoms with E-state index in [2.05, 4.69) is 0 Å². The van der Waals surface area contributed by atoms with E-state index >= 15 is 0 Å². The predicted molar refractivity (Wildman–Crippen MR) is 144 cm³/mol. The zero-order valence-corrected chi connectivity index (χ0v) is 21.5. The number of aliphatic hydroxyl groups excluding tert-OH is 1. The highest BCUT2D eigenvalue weighted by Gasteiger charge is 2.48. The van der Waals surface area contributed by atoms with Gasteiger partial charge in [-0.05, 0) is 71.5 Å². The van der Waals surface area contributed by atoms with E-state index in [9.17, 15) is 32.4 Å². The Labute approximate surface area is 225 Å². The Morgan fingerprint density at radius 3 is 2.13 bits per heavy atom. The average Bonchev–Trinajstić information content (AvgIpc) is 2.92. The van der Waals surface area contributed by atoms with Crippen LogP contribution in [0, 0.1) is 11.7 Å². The third-order valence-electron chi connectivity index (χ3n) is 7.08. The summed E-state index contributed by atoms with van der Waals surface area (Å²) in [5, 5.41) is 20.7. The van der Waals surface area contributed by atoms with Crippen LogP contribution in [0.3, 0.4) is 0 Å². The Kier molecular flexibility index (Phi) is 7.22. The Balaban J connectivity index is 1.40. The predicted octanol–water partition coefficient (Wildman–Crippen LogP) is 5.66. The van der Waals surface area contributed by atoms with Gasteiger partial charge in [0.1, 0.15) is 16.5 Å². The van der Waals surface area contributed by atoms with Crippen LogP contribution in [0.2, 0.25) is 0 Å². The van der Waals surface area contributed by atoms with E-state index in [4.69, 9.17) is 0 Å². The van der Waals surface area contributed by atoms with Crippen LogP contribution in [0.1, 0.15) is 36.1 Å². The quantitative estimate of drug-likeness (QED) is 0.194. The molecule has 1 fully saturated rings. The molecule has 0 unspecified atom stereocenters. The summed E-state index contributed by atoms with van der Waals surface area (Å²) in [5.41, 5.74) is 3.48. The molecule has 0 bridgehead atoms. The van der Waals surface area contributed by atoms with E-state index in [0.29, 0.717) is 29.5 Å². The number of phenols is 1. The van der Waals surface area contributed by atoms with Crippen molar-refractivity contribution in [1.29, 1.82) is 0 Å². The molecule has 1 heterocycles. The molecule has 0 saturated carbocycles. The maximum atomic E-state index is 13.3. The van der Waals surface area contributed by atoms with E-state index in [1.165, 1.54) is 36.4 Å². The van der Waals surface area contributed by atoms with Crippen molar-refractivity contribution in [1.82, 2.24) is 0 Å². The number of carbonyl (C=O) groups is 1. The molecule has 9 heteroatoms. The molecule has 0 aliphatic carbocycles. The first-order chi connectivity index (χ1) is 18.6. The van der Waals surface area contributed by atoms with Crippen molar-refractivity contribution in [3.05, 3.63) is 114 Å². The number of β-lactam (4-membered cyclic amide) rings is 1. The van der Waals surface area contributed by atoms with Crippen molar-refractivity contribution in [3.63, 3.8) is 0 Å². The number of aliphatic hydroxyl groups is 1. The highest BCUT2D eigenvalue weighted by Crippen LogP contribution is 2.46. The molecule has 4 aromatic carbocycles. The van der Waals surface area contributed by atoms with Crippen LogP contribution in [0.5, 0.6) is 5.75 Å². The van der Waals surface area contributed by atoms with Crippen molar-refractivity contribution in [2.75, 3.05) is 4.90 Å². The molecule has 5 rings (SSSR count). The fourth-order valence-corrected chi connectivity index (χ4v) is 5.63. The third kappa shape index (κ3) is 5.42. The minimum absolute atomic E-state index is 0.0488. The Hall–Kier alpha value is -4.05. The van der Waals surface area contributed by atoms with Crippen molar-refractivity contribution in [2.24, 2.45) is 5.92 Å². The number of nitrogens with zero attached hydrogens (tertiary/aromatic N) is 1. The Bertz CT molecular complexity index is 1590. The number of hydrogen-bond donors (Lipinski definition) is 3. The monoisotopic (exact) mass is 547 g/mol. The Morgan fingerprint density at radius 2 is 1.51 bits per heavy atom. The van der Waals surface area contributed by atoms with Gasteiger partial charge < -0.3 is 15.1 Å². The van der Waals surface area contributed by atoms with Gasteiger partial charge in [0.25, 0.3) is 10.1 Å². The van der Waals surface area contributed by atoms with Gasteiger partial charge >= 0.3 is 0 Å². The lowest BCUT2D eigenvalue weighted by atomic mass is 9.78. The van der Waals surface area contributed by atoms with Crippen LogP contribution in [0.25, 0.3) is 11.1 Å². The Morgan fingerprint density at radius 1 is 0.872 bits per heavy atom. The molecule has 1 amide bonds. The van der Waals surface area contributed by atoms with E-state index in [-0.39, 0.29) is 23.7 Å². The molecule has 0 radical (unpaired) electrons. The summed E-state index contributed by atoms with van der Waals surface area (Å²) in [6, 6.07) is 26.0. The summed E-state index contributed by atoms with van der Waals surface area (Å²) in [4.78, 5) is 14.4. The topological polar surface area (TPSA) is 115 Å². The summed E-state index contributed by atoms with van der Waals surface area (Å²) in [6.45, 7) is 0. The minimum atomic E-state index is -4.54. The van der Waals surface area contributed by atoms with Gasteiger partial charge in [-0.15, -0.1) is 0 Å². The minimum Gasteiger partial charge on any atom is -0.506 e. The number of aromatic hydroxyl groups is 1. The molecule has 3 atom stereocenters. The first-order valence-electron chi connectivity index (χ1n) is 12.4. The molecule has 1 aliphatic heterocycles. The summed E-state index contributed by atoms with van der Waals surface area (Å²) >= 11 is 0. The standard InChI is InChI=1S/C30H26FNO6S/c31-23-13-10-20(11-14-23)26(33)16-15-25-29(32(30(25)35)24-4-2-1-3-5-24)21-8-6-19(7-9-21)22-12-17-28(27(34)18-22)39(36,37)38/h1-14,17-18,25-26,29,33-34H,15-16H2,(H,36,37,38)/t25-,26+,29-/m1/s1. The van der Waals surface area contributed by atoms with E-state index in [1.54, 1.807) is 4.90 Å². The van der Waals surface area contributed by atoms with Crippen molar-refractivity contribution >= 4 is 21.7 Å². The highest BCUT2D eigenvalue weighted by atomic mass is 32.2. The van der Waals surface area contributed by atoms with Crippen LogP contribution in [-0.4, -0.2) is 29.1 Å². The van der Waals surface area contributed by atoms with E-state index in [0.717, 1.165) is 17.3 Å². The molecular formula is C30H26FNO6S. The average molecular weight is 548 g/mol. The number of para-hydroxylation sites is 1. The number of phenolic OH excluding ortho intramolecular Hbond substituents is 1. The largest absolute Gasteiger partial charge is 0.506 e. The van der Waals surface area contributed by atoms with Crippen LogP contribution < -0.4 is 4.90 Å². The molecule has 0 spiro atoms. The summed E-state index contributed by atoms with van der Waals surface area (Å²) in [5.74, 6) is -1.36. The smallest absolute Gasteiger partial charge is 0.298 e. The van der Waals surface area contributed by atoms with Gasteiger partial charge in [-0.2, -0.15) is 8.42 Å². The lowest BCUT2D eigenvalue weighted by Gasteiger charge is -2.48. The number of amides is 1. The number of carbonyl (C=O) groups excluding carboxylic acids is 1. The number of hydrogen-bond acceptors (Lipinski definition) is 5. The second-order valence-electron chi connectivity index (χ2n) is 9.52. The maximum absolute atomic E-state index is 13.3. The van der Waals surface area contributed by atoms with Gasteiger partial charge in [0.15, 0.2) is 0 Å². The van der Waals surface area contributed by atoms with E-state index in [1.807, 2.05) is 54.6 Å². The summed E-state index contributed by atoms with van der Waals surface area (Å²) in [7, 11) is -4.54. The molecule has 200 valence electrons. The van der Waals surface area contributed by atoms with Gasteiger partial charge in [-0.3, -0.25) is 9.35 Å². The van der Waals surface area contributed by atoms with Gasteiger partial charge in [-0.1, -0.05) is 60.7 Å². The number of benzene rings is 4. The van der Waals surface area contributed by atoms with Gasteiger partial charge in [0.2, 0.25) is 5.91 Å². The van der Waals surface area contributed by atoms with Gasteiger partial charge in [0, 0.05) is 5.69 Å². The van der Waals surface area contributed by atoms with E-state index < -0.39 is 26.9 Å². The molecule has 1 aliphatic rings. The van der Waals surface area contributed by atoms with Gasteiger partial charge in [-0.25, -0.2) is 4.39 Å². The van der Waals surface area contributed by atoms with Crippen molar-refractivity contribution < 1.29 is 32.4 Å². The lowest BCUT2D eigenvalue weighted by Crippen LogP contribution is -2.55. The summed E-state index contributed by atoms with van der Waals surface area (Å²) < 4.78 is 45.3. The van der Waals surface area contributed by atoms with Crippen LogP contribution >= 0.6 is 0 Å². The van der Waals surface area contributed by atoms with Crippen LogP contribution in [0.15, 0.2) is 102 Å². The first kappa shape index (κ1) is 26.6. The van der Waals surface area contributed by atoms with Crippen LogP contribution in [-0.2, 0) is 14.9 Å². The first-order valence-corrected chi connectivity index (χ1v) is 13.8. The number of halogens is 1. The normalized spacial score (nSPS) is 18.0. The van der Waals surface area contributed by atoms with Gasteiger partial charge in [0.05, 0.1) is 18.1 Å². The third-order valence-corrected chi connectivity index (χ3v) is 7.98. The lowest BCUT2D eigenvalue weighted by molar-refractivity contribution is -0.131. The molecule has 0 aromatic heterocycles. The molecule has 3 N–H and O–H groups in total. The molecule has 1 saturated heterocycles. The molecular weight excluding hydrogens is 521 g/mol. The molecule has 39 heavy (non-hydrogen) atoms. The second kappa shape index (κ2) is 10.6. The maximum Gasteiger partial charge on any atom is 0.298 e. The molecule has 4 aromatic rings. The fraction of sp³-hybridized carbons (Fsp3) is 0.167. The summed E-state index contributed by atoms with van der Waals surface area (Å²) in [6.07, 6.45) is -0.0675. The SMILES string of the molecule is O=C1[C@H](CC[C@H](O)c2ccc(F)cc2)[C@@H](c2ccc(-c3ccc(S(=O)(=O)O)c(O)c3)cc2)N1c1ccccc1. The number of rotatable bonds is 8. The zero-order valence-electron chi connectivity index (χ0n) is 20.7. The van der Waals surface area contributed by atoms with Crippen molar-refractivity contribution in [3.8, 4) is 16.9 Å². The zero-order chi connectivity index (χ0) is 27.7. The molecule has 7 nitrogen and oxygen atoms in total. The fourth-order valence-electron chi connectivity index (χ4n) is 5.06. The van der Waals surface area contributed by atoms with Crippen molar-refractivity contribution in [2.45, 2.75) is 29.9 Å². The van der Waals surface area contributed by atoms with Crippen LogP contribution in [0.4, 0.5) is 10.1 Å². The number of anilines is 1. The highest BCUT2D eigenvalue weighted by molar-refractivity contribution is 7.86.